The first kappa shape index (κ1) is 17.3. The Kier molecular flexibility index (Phi) is 4.18. The van der Waals surface area contributed by atoms with Crippen molar-refractivity contribution in [3.05, 3.63) is 78.4 Å². The maximum atomic E-state index is 13.2. The van der Waals surface area contributed by atoms with E-state index < -0.39 is 0 Å². The van der Waals surface area contributed by atoms with Crippen LogP contribution in [0.15, 0.2) is 72.8 Å². The van der Waals surface area contributed by atoms with E-state index in [1.54, 1.807) is 11.0 Å². The molecule has 0 spiro atoms. The number of para-hydroxylation sites is 3. The SMILES string of the molecule is O=C(c1ccc2[nH]c3nc4ccccc4nc3c2c1)N(CCO)c1ccccc1. The highest BCUT2D eigenvalue weighted by Crippen LogP contribution is 2.27. The summed E-state index contributed by atoms with van der Waals surface area (Å²) >= 11 is 0. The van der Waals surface area contributed by atoms with Gasteiger partial charge in [-0.1, -0.05) is 30.3 Å². The number of anilines is 1. The van der Waals surface area contributed by atoms with Crippen molar-refractivity contribution in [3.63, 3.8) is 0 Å². The number of aromatic amines is 1. The number of nitrogens with zero attached hydrogens (tertiary/aromatic N) is 3. The molecule has 0 aliphatic carbocycles. The van der Waals surface area contributed by atoms with Crippen molar-refractivity contribution in [2.75, 3.05) is 18.1 Å². The van der Waals surface area contributed by atoms with Gasteiger partial charge in [0.2, 0.25) is 0 Å². The quantitative estimate of drug-likeness (QED) is 0.494. The molecule has 0 radical (unpaired) electrons. The minimum Gasteiger partial charge on any atom is -0.395 e. The fraction of sp³-hybridized carbons (Fsp3) is 0.0870. The average Bonchev–Trinajstić information content (AvgIpc) is 3.12. The van der Waals surface area contributed by atoms with Gasteiger partial charge < -0.3 is 15.0 Å². The number of carbonyl (C=O) groups excluding carboxylic acids is 1. The van der Waals surface area contributed by atoms with Crippen molar-refractivity contribution in [3.8, 4) is 0 Å². The van der Waals surface area contributed by atoms with Crippen molar-refractivity contribution in [1.29, 1.82) is 0 Å². The van der Waals surface area contributed by atoms with Gasteiger partial charge in [-0.3, -0.25) is 4.79 Å². The molecule has 3 aromatic carbocycles. The molecule has 0 aliphatic rings. The topological polar surface area (TPSA) is 82.1 Å². The first-order valence-electron chi connectivity index (χ1n) is 9.40. The van der Waals surface area contributed by atoms with Gasteiger partial charge in [-0.2, -0.15) is 0 Å². The average molecular weight is 382 g/mol. The Morgan fingerprint density at radius 2 is 1.66 bits per heavy atom. The highest BCUT2D eigenvalue weighted by atomic mass is 16.3. The number of aliphatic hydroxyl groups is 1. The van der Waals surface area contributed by atoms with Crippen molar-refractivity contribution >= 4 is 44.7 Å². The zero-order chi connectivity index (χ0) is 19.8. The van der Waals surface area contributed by atoms with Crippen molar-refractivity contribution in [2.45, 2.75) is 0 Å². The molecule has 6 heteroatoms. The molecule has 0 bridgehead atoms. The summed E-state index contributed by atoms with van der Waals surface area (Å²) < 4.78 is 0. The number of aliphatic hydroxyl groups excluding tert-OH is 1. The molecule has 2 N–H and O–H groups in total. The number of fused-ring (bicyclic) bond motifs is 4. The summed E-state index contributed by atoms with van der Waals surface area (Å²) in [5, 5.41) is 10.3. The molecule has 0 saturated heterocycles. The monoisotopic (exact) mass is 382 g/mol. The Bertz CT molecular complexity index is 1340. The summed E-state index contributed by atoms with van der Waals surface area (Å²) in [6.07, 6.45) is 0. The third-order valence-corrected chi connectivity index (χ3v) is 4.98. The zero-order valence-corrected chi connectivity index (χ0v) is 15.5. The van der Waals surface area contributed by atoms with E-state index in [1.807, 2.05) is 66.7 Å². The summed E-state index contributed by atoms with van der Waals surface area (Å²) in [5.41, 5.74) is 5.22. The van der Waals surface area contributed by atoms with Crippen LogP contribution in [0.5, 0.6) is 0 Å². The van der Waals surface area contributed by atoms with Gasteiger partial charge in [-0.25, -0.2) is 9.97 Å². The number of benzene rings is 3. The normalized spacial score (nSPS) is 11.3. The number of hydrogen-bond donors (Lipinski definition) is 2. The lowest BCUT2D eigenvalue weighted by molar-refractivity contribution is 0.0981. The van der Waals surface area contributed by atoms with E-state index in [2.05, 4.69) is 9.97 Å². The number of hydrogen-bond acceptors (Lipinski definition) is 4. The van der Waals surface area contributed by atoms with Crippen LogP contribution in [-0.2, 0) is 0 Å². The van der Waals surface area contributed by atoms with Crippen LogP contribution in [-0.4, -0.2) is 39.1 Å². The summed E-state index contributed by atoms with van der Waals surface area (Å²) in [5.74, 6) is -0.171. The summed E-state index contributed by atoms with van der Waals surface area (Å²) in [6, 6.07) is 22.6. The van der Waals surface area contributed by atoms with Crippen LogP contribution in [0.1, 0.15) is 10.4 Å². The van der Waals surface area contributed by atoms with E-state index in [0.717, 1.165) is 33.1 Å². The lowest BCUT2D eigenvalue weighted by Gasteiger charge is -2.22. The molecule has 1 amide bonds. The first-order chi connectivity index (χ1) is 14.2. The van der Waals surface area contributed by atoms with Gasteiger partial charge in [-0.05, 0) is 42.5 Å². The Hall–Kier alpha value is -3.77. The Labute approximate surface area is 166 Å². The van der Waals surface area contributed by atoms with Crippen LogP contribution < -0.4 is 4.90 Å². The van der Waals surface area contributed by atoms with Crippen LogP contribution in [0.4, 0.5) is 5.69 Å². The predicted octanol–water partition coefficient (Wildman–Crippen LogP) is 3.90. The Balaban J connectivity index is 1.63. The van der Waals surface area contributed by atoms with Gasteiger partial charge in [0, 0.05) is 28.7 Å². The number of aromatic nitrogens is 3. The van der Waals surface area contributed by atoms with Gasteiger partial charge in [0.05, 0.1) is 17.6 Å². The minimum absolute atomic E-state index is 0.118. The molecule has 0 saturated carbocycles. The third-order valence-electron chi connectivity index (χ3n) is 4.98. The van der Waals surface area contributed by atoms with E-state index in [4.69, 9.17) is 4.98 Å². The number of nitrogens with one attached hydrogen (secondary N) is 1. The van der Waals surface area contributed by atoms with Crippen LogP contribution in [0.25, 0.3) is 33.1 Å². The lowest BCUT2D eigenvalue weighted by Crippen LogP contribution is -2.33. The summed E-state index contributed by atoms with van der Waals surface area (Å²) in [6.45, 7) is 0.104. The molecule has 5 aromatic rings. The van der Waals surface area contributed by atoms with Crippen LogP contribution in [0, 0.1) is 0 Å². The maximum Gasteiger partial charge on any atom is 0.258 e. The van der Waals surface area contributed by atoms with Gasteiger partial charge in [0.15, 0.2) is 5.65 Å². The first-order valence-corrected chi connectivity index (χ1v) is 9.40. The van der Waals surface area contributed by atoms with Crippen LogP contribution in [0.2, 0.25) is 0 Å². The molecule has 0 atom stereocenters. The van der Waals surface area contributed by atoms with E-state index in [0.29, 0.717) is 11.2 Å². The number of rotatable bonds is 4. The third kappa shape index (κ3) is 2.99. The highest BCUT2D eigenvalue weighted by molar-refractivity contribution is 6.12. The van der Waals surface area contributed by atoms with Crippen LogP contribution in [0.3, 0.4) is 0 Å². The van der Waals surface area contributed by atoms with E-state index >= 15 is 0 Å². The molecule has 6 nitrogen and oxygen atoms in total. The Morgan fingerprint density at radius 1 is 0.931 bits per heavy atom. The fourth-order valence-corrected chi connectivity index (χ4v) is 3.60. The maximum absolute atomic E-state index is 13.2. The molecule has 0 aliphatic heterocycles. The summed E-state index contributed by atoms with van der Waals surface area (Å²) in [7, 11) is 0. The molecule has 29 heavy (non-hydrogen) atoms. The van der Waals surface area contributed by atoms with Gasteiger partial charge in [-0.15, -0.1) is 0 Å². The smallest absolute Gasteiger partial charge is 0.258 e. The zero-order valence-electron chi connectivity index (χ0n) is 15.5. The van der Waals surface area contributed by atoms with E-state index in [1.165, 1.54) is 0 Å². The molecular weight excluding hydrogens is 364 g/mol. The van der Waals surface area contributed by atoms with Crippen molar-refractivity contribution in [1.82, 2.24) is 15.0 Å². The second-order valence-corrected chi connectivity index (χ2v) is 6.81. The summed E-state index contributed by atoms with van der Waals surface area (Å²) in [4.78, 5) is 27.5. The number of carbonyl (C=O) groups is 1. The second kappa shape index (κ2) is 7.00. The second-order valence-electron chi connectivity index (χ2n) is 6.81. The van der Waals surface area contributed by atoms with Gasteiger partial charge in [0.1, 0.15) is 5.52 Å². The van der Waals surface area contributed by atoms with Gasteiger partial charge in [0.25, 0.3) is 5.91 Å². The fourth-order valence-electron chi connectivity index (χ4n) is 3.60. The molecule has 0 fully saturated rings. The van der Waals surface area contributed by atoms with Crippen molar-refractivity contribution < 1.29 is 9.90 Å². The molecule has 142 valence electrons. The largest absolute Gasteiger partial charge is 0.395 e. The highest BCUT2D eigenvalue weighted by Gasteiger charge is 2.19. The molecule has 2 aromatic heterocycles. The number of amides is 1. The lowest BCUT2D eigenvalue weighted by atomic mass is 10.1. The van der Waals surface area contributed by atoms with Crippen molar-refractivity contribution in [2.24, 2.45) is 0 Å². The molecule has 5 rings (SSSR count). The molecular formula is C23H18N4O2. The molecule has 0 unspecified atom stereocenters. The standard InChI is InChI=1S/C23H18N4O2/c28-13-12-27(16-6-2-1-3-7-16)23(29)15-10-11-18-17(14-15)21-22(25-18)26-20-9-5-4-8-19(20)24-21/h1-11,14,28H,12-13H2,(H,25,26). The van der Waals surface area contributed by atoms with E-state index in [9.17, 15) is 9.90 Å². The van der Waals surface area contributed by atoms with E-state index in [-0.39, 0.29) is 19.1 Å². The Morgan fingerprint density at radius 3 is 2.41 bits per heavy atom. The van der Waals surface area contributed by atoms with Gasteiger partial charge >= 0.3 is 0 Å². The number of H-pyrrole nitrogens is 1. The minimum atomic E-state index is -0.171. The van der Waals surface area contributed by atoms with Crippen LogP contribution >= 0.6 is 0 Å². The predicted molar refractivity (Wildman–Crippen MR) is 114 cm³/mol. The molecule has 2 heterocycles.